The topological polar surface area (TPSA) is 29.5 Å². The van der Waals surface area contributed by atoms with Crippen LogP contribution in [0.3, 0.4) is 0 Å². The van der Waals surface area contributed by atoms with Crippen molar-refractivity contribution in [3.05, 3.63) is 0 Å². The second-order valence-electron chi connectivity index (χ2n) is 0.970. The Morgan fingerprint density at radius 3 is 2.67 bits per heavy atom. The summed E-state index contributed by atoms with van der Waals surface area (Å²) in [6.45, 7) is -0.0424. The molecular weight excluding hydrogens is 116 g/mol. The zero-order valence-electron chi connectivity index (χ0n) is 4.64. The average Bonchev–Trinajstić information content (AvgIpc) is 1.89. The molecule has 0 amide bonds. The van der Waals surface area contributed by atoms with E-state index in [1.807, 2.05) is 0 Å². The fraction of sp³-hybridized carbons (Fsp3) is 0.143. The van der Waals surface area contributed by atoms with Gasteiger partial charge in [-0.15, -0.1) is 6.42 Å². The molecule has 0 unspecified atom stereocenters. The predicted molar refractivity (Wildman–Crippen MR) is 33.0 cm³/mol. The Morgan fingerprint density at radius 2 is 2.11 bits per heavy atom. The zero-order chi connectivity index (χ0) is 6.95. The first kappa shape index (κ1) is 7.60. The Hall–Kier alpha value is -1.40. The Kier molecular flexibility index (Phi) is 5.57. The highest BCUT2D eigenvalue weighted by atomic mass is 17.1. The maximum absolute atomic E-state index is 7.73. The van der Waals surface area contributed by atoms with Gasteiger partial charge in [0.05, 0.1) is 0 Å². The lowest BCUT2D eigenvalue weighted by Crippen LogP contribution is -1.80. The van der Waals surface area contributed by atoms with Gasteiger partial charge in [-0.3, -0.25) is 5.26 Å². The summed E-state index contributed by atoms with van der Waals surface area (Å²) < 4.78 is 0. The van der Waals surface area contributed by atoms with Crippen molar-refractivity contribution in [3.63, 3.8) is 0 Å². The summed E-state index contributed by atoms with van der Waals surface area (Å²) in [6, 6.07) is 0. The van der Waals surface area contributed by atoms with Crippen molar-refractivity contribution in [1.82, 2.24) is 0 Å². The van der Waals surface area contributed by atoms with Gasteiger partial charge in [0, 0.05) is 0 Å². The van der Waals surface area contributed by atoms with Crippen LogP contribution in [0.15, 0.2) is 0 Å². The molecule has 0 fully saturated rings. The molecule has 2 nitrogen and oxygen atoms in total. The maximum Gasteiger partial charge on any atom is 0.143 e. The molecule has 44 valence electrons. The Bertz CT molecular complexity index is 213. The number of terminal acetylenes is 1. The third kappa shape index (κ3) is 6.60. The number of hydrogen-bond donors (Lipinski definition) is 1. The lowest BCUT2D eigenvalue weighted by Gasteiger charge is -1.75. The summed E-state index contributed by atoms with van der Waals surface area (Å²) in [5, 5.41) is 7.73. The first-order valence-corrected chi connectivity index (χ1v) is 2.11. The zero-order valence-corrected chi connectivity index (χ0v) is 4.64. The van der Waals surface area contributed by atoms with E-state index >= 15 is 0 Å². The molecule has 0 aromatic rings. The third-order valence-electron chi connectivity index (χ3n) is 0.422. The third-order valence-corrected chi connectivity index (χ3v) is 0.422. The highest BCUT2D eigenvalue weighted by Crippen LogP contribution is 1.59. The van der Waals surface area contributed by atoms with Gasteiger partial charge in [0.2, 0.25) is 0 Å². The van der Waals surface area contributed by atoms with Gasteiger partial charge < -0.3 is 0 Å². The highest BCUT2D eigenvalue weighted by molar-refractivity contribution is 5.33. The Labute approximate surface area is 53.8 Å². The van der Waals surface area contributed by atoms with Gasteiger partial charge in [0.15, 0.2) is 0 Å². The Balaban J connectivity index is 3.52. The number of hydrogen-bond acceptors (Lipinski definition) is 2. The van der Waals surface area contributed by atoms with E-state index in [-0.39, 0.29) is 6.61 Å². The molecule has 0 atom stereocenters. The minimum atomic E-state index is -0.0424. The molecule has 0 bridgehead atoms. The number of rotatable bonds is 1. The van der Waals surface area contributed by atoms with Crippen LogP contribution in [0.5, 0.6) is 0 Å². The van der Waals surface area contributed by atoms with Crippen molar-refractivity contribution < 1.29 is 10.1 Å². The standard InChI is InChI=1S/C7H4O2/c1-2-3-4-5-6-7-9-8/h1,8H,7H2. The first-order valence-electron chi connectivity index (χ1n) is 2.11. The van der Waals surface area contributed by atoms with Crippen LogP contribution in [-0.4, -0.2) is 11.9 Å². The van der Waals surface area contributed by atoms with Gasteiger partial charge >= 0.3 is 0 Å². The molecule has 0 heterocycles. The van der Waals surface area contributed by atoms with Crippen LogP contribution < -0.4 is 0 Å². The second kappa shape index (κ2) is 6.60. The normalized spacial score (nSPS) is 5.33. The molecule has 0 aliphatic carbocycles. The largest absolute Gasteiger partial charge is 0.251 e. The fourth-order valence-corrected chi connectivity index (χ4v) is 0.180. The second-order valence-corrected chi connectivity index (χ2v) is 0.970. The van der Waals surface area contributed by atoms with Gasteiger partial charge in [-0.25, -0.2) is 4.89 Å². The van der Waals surface area contributed by atoms with E-state index in [1.165, 1.54) is 0 Å². The molecule has 0 aromatic heterocycles. The van der Waals surface area contributed by atoms with E-state index in [2.05, 4.69) is 34.5 Å². The SMILES string of the molecule is C#CC#CC#CCOO. The molecule has 0 aliphatic rings. The van der Waals surface area contributed by atoms with Crippen molar-refractivity contribution in [3.8, 4) is 36.0 Å². The van der Waals surface area contributed by atoms with Crippen LogP contribution >= 0.6 is 0 Å². The summed E-state index contributed by atoms with van der Waals surface area (Å²) in [5.74, 6) is 11.4. The Morgan fingerprint density at radius 1 is 1.33 bits per heavy atom. The van der Waals surface area contributed by atoms with Gasteiger partial charge in [-0.2, -0.15) is 0 Å². The molecule has 9 heavy (non-hydrogen) atoms. The molecule has 1 N–H and O–H groups in total. The van der Waals surface area contributed by atoms with Gasteiger partial charge in [-0.1, -0.05) is 5.92 Å². The summed E-state index contributed by atoms with van der Waals surface area (Å²) in [6.07, 6.45) is 4.77. The minimum Gasteiger partial charge on any atom is -0.251 e. The maximum atomic E-state index is 7.73. The first-order chi connectivity index (χ1) is 4.41. The smallest absolute Gasteiger partial charge is 0.143 e. The monoisotopic (exact) mass is 120 g/mol. The van der Waals surface area contributed by atoms with Crippen molar-refractivity contribution in [2.45, 2.75) is 0 Å². The van der Waals surface area contributed by atoms with E-state index in [1.54, 1.807) is 0 Å². The molecule has 0 aromatic carbocycles. The molecule has 0 saturated carbocycles. The van der Waals surface area contributed by atoms with Crippen molar-refractivity contribution in [1.29, 1.82) is 0 Å². The molecule has 0 radical (unpaired) electrons. The minimum absolute atomic E-state index is 0.0424. The van der Waals surface area contributed by atoms with E-state index in [0.29, 0.717) is 0 Å². The summed E-state index contributed by atoms with van der Waals surface area (Å²) >= 11 is 0. The summed E-state index contributed by atoms with van der Waals surface area (Å²) in [4.78, 5) is 3.63. The summed E-state index contributed by atoms with van der Waals surface area (Å²) in [5.41, 5.74) is 0. The van der Waals surface area contributed by atoms with Crippen molar-refractivity contribution in [2.75, 3.05) is 6.61 Å². The molecular formula is C7H4O2. The van der Waals surface area contributed by atoms with E-state index in [9.17, 15) is 0 Å². The molecule has 0 aliphatic heterocycles. The van der Waals surface area contributed by atoms with E-state index < -0.39 is 0 Å². The van der Waals surface area contributed by atoms with Gasteiger partial charge in [0.1, 0.15) is 6.61 Å². The van der Waals surface area contributed by atoms with E-state index in [0.717, 1.165) is 0 Å². The van der Waals surface area contributed by atoms with Gasteiger partial charge in [0.25, 0.3) is 0 Å². The molecule has 0 saturated heterocycles. The van der Waals surface area contributed by atoms with E-state index in [4.69, 9.17) is 11.7 Å². The predicted octanol–water partition coefficient (Wildman–Crippen LogP) is 0.116. The van der Waals surface area contributed by atoms with Crippen LogP contribution in [0, 0.1) is 36.0 Å². The van der Waals surface area contributed by atoms with Crippen molar-refractivity contribution in [2.24, 2.45) is 0 Å². The summed E-state index contributed by atoms with van der Waals surface area (Å²) in [7, 11) is 0. The van der Waals surface area contributed by atoms with Crippen molar-refractivity contribution >= 4 is 0 Å². The van der Waals surface area contributed by atoms with Gasteiger partial charge in [-0.05, 0) is 23.7 Å². The molecule has 0 spiro atoms. The lowest BCUT2D eigenvalue weighted by atomic mass is 10.5. The highest BCUT2D eigenvalue weighted by Gasteiger charge is 1.65. The fourth-order valence-electron chi connectivity index (χ4n) is 0.180. The quantitative estimate of drug-likeness (QED) is 0.302. The van der Waals surface area contributed by atoms with Crippen LogP contribution in [0.25, 0.3) is 0 Å². The van der Waals surface area contributed by atoms with Crippen LogP contribution in [0.2, 0.25) is 0 Å². The van der Waals surface area contributed by atoms with Crippen LogP contribution in [0.4, 0.5) is 0 Å². The average molecular weight is 120 g/mol. The molecule has 0 rings (SSSR count). The van der Waals surface area contributed by atoms with Crippen LogP contribution in [0.1, 0.15) is 0 Å². The molecule has 2 heteroatoms. The van der Waals surface area contributed by atoms with Crippen LogP contribution in [-0.2, 0) is 4.89 Å². The lowest BCUT2D eigenvalue weighted by molar-refractivity contribution is -0.229.